The second-order valence-corrected chi connectivity index (χ2v) is 4.71. The first-order chi connectivity index (χ1) is 8.33. The Balaban J connectivity index is 1.84. The van der Waals surface area contributed by atoms with Crippen LogP contribution in [-0.4, -0.2) is 24.9 Å². The highest BCUT2D eigenvalue weighted by atomic mass is 16.5. The molecule has 2 atom stereocenters. The minimum absolute atomic E-state index is 0.306. The van der Waals surface area contributed by atoms with Crippen LogP contribution in [0, 0.1) is 5.92 Å². The highest BCUT2D eigenvalue weighted by molar-refractivity contribution is 5.27. The average Bonchev–Trinajstić information content (AvgIpc) is 2.84. The summed E-state index contributed by atoms with van der Waals surface area (Å²) in [5.74, 6) is 1.33. The normalized spacial score (nSPS) is 23.9. The van der Waals surface area contributed by atoms with Gasteiger partial charge in [-0.1, -0.05) is 18.6 Å². The molecule has 17 heavy (non-hydrogen) atoms. The lowest BCUT2D eigenvalue weighted by Crippen LogP contribution is -2.33. The fourth-order valence-corrected chi connectivity index (χ4v) is 2.52. The van der Waals surface area contributed by atoms with Gasteiger partial charge in [0.2, 0.25) is 0 Å². The second-order valence-electron chi connectivity index (χ2n) is 4.71. The lowest BCUT2D eigenvalue weighted by atomic mass is 10.0. The van der Waals surface area contributed by atoms with Gasteiger partial charge in [-0.2, -0.15) is 0 Å². The Labute approximate surface area is 103 Å². The van der Waals surface area contributed by atoms with Crippen molar-refractivity contribution in [2.24, 2.45) is 5.92 Å². The third-order valence-electron chi connectivity index (χ3n) is 3.62. The van der Waals surface area contributed by atoms with Crippen molar-refractivity contribution in [3.05, 3.63) is 29.8 Å². The summed E-state index contributed by atoms with van der Waals surface area (Å²) in [6, 6.07) is 8.59. The molecule has 1 aliphatic carbocycles. The van der Waals surface area contributed by atoms with Crippen LogP contribution in [0.2, 0.25) is 0 Å². The molecule has 0 heterocycles. The molecule has 0 amide bonds. The molecule has 0 bridgehead atoms. The summed E-state index contributed by atoms with van der Waals surface area (Å²) < 4.78 is 5.13. The molecule has 2 unspecified atom stereocenters. The van der Waals surface area contributed by atoms with Gasteiger partial charge in [0, 0.05) is 19.2 Å². The van der Waals surface area contributed by atoms with E-state index < -0.39 is 0 Å². The molecule has 0 aromatic heterocycles. The van der Waals surface area contributed by atoms with E-state index in [-0.39, 0.29) is 0 Å². The minimum atomic E-state index is 0.306. The molecule has 0 aliphatic heterocycles. The molecule has 1 aliphatic rings. The Morgan fingerprint density at radius 1 is 1.29 bits per heavy atom. The maximum atomic E-state index is 9.25. The fourth-order valence-electron chi connectivity index (χ4n) is 2.52. The van der Waals surface area contributed by atoms with Crippen molar-refractivity contribution >= 4 is 0 Å². The van der Waals surface area contributed by atoms with Gasteiger partial charge in [-0.05, 0) is 36.5 Å². The lowest BCUT2D eigenvalue weighted by Gasteiger charge is -2.19. The van der Waals surface area contributed by atoms with Gasteiger partial charge in [0.1, 0.15) is 5.75 Å². The van der Waals surface area contributed by atoms with Gasteiger partial charge in [-0.3, -0.25) is 0 Å². The summed E-state index contributed by atoms with van der Waals surface area (Å²) >= 11 is 0. The van der Waals surface area contributed by atoms with Crippen molar-refractivity contribution in [2.45, 2.75) is 31.8 Å². The van der Waals surface area contributed by atoms with Crippen LogP contribution in [-0.2, 0) is 6.54 Å². The molecular weight excluding hydrogens is 214 g/mol. The number of benzene rings is 1. The molecule has 0 radical (unpaired) electrons. The quantitative estimate of drug-likeness (QED) is 0.819. The molecule has 3 heteroatoms. The second kappa shape index (κ2) is 6.03. The SMILES string of the molecule is COc1ccc(CNC2CCCC2CO)cc1. The standard InChI is InChI=1S/C14H21NO2/c1-17-13-7-5-11(6-8-13)9-15-14-4-2-3-12(14)10-16/h5-8,12,14-16H,2-4,9-10H2,1H3. The zero-order chi connectivity index (χ0) is 12.1. The predicted molar refractivity (Wildman–Crippen MR) is 68.0 cm³/mol. The maximum absolute atomic E-state index is 9.25. The first-order valence-electron chi connectivity index (χ1n) is 6.30. The van der Waals surface area contributed by atoms with Crippen LogP contribution in [0.25, 0.3) is 0 Å². The van der Waals surface area contributed by atoms with Gasteiger partial charge < -0.3 is 15.2 Å². The molecule has 2 N–H and O–H groups in total. The topological polar surface area (TPSA) is 41.5 Å². The molecular formula is C14H21NO2. The van der Waals surface area contributed by atoms with Gasteiger partial charge in [0.15, 0.2) is 0 Å². The van der Waals surface area contributed by atoms with E-state index in [0.29, 0.717) is 18.6 Å². The van der Waals surface area contributed by atoms with Gasteiger partial charge >= 0.3 is 0 Å². The molecule has 1 aromatic rings. The highest BCUT2D eigenvalue weighted by Gasteiger charge is 2.25. The zero-order valence-electron chi connectivity index (χ0n) is 10.4. The van der Waals surface area contributed by atoms with Crippen molar-refractivity contribution < 1.29 is 9.84 Å². The number of rotatable bonds is 5. The monoisotopic (exact) mass is 235 g/mol. The van der Waals surface area contributed by atoms with Crippen molar-refractivity contribution in [2.75, 3.05) is 13.7 Å². The molecule has 0 spiro atoms. The van der Waals surface area contributed by atoms with Crippen molar-refractivity contribution in [1.82, 2.24) is 5.32 Å². The summed E-state index contributed by atoms with van der Waals surface area (Å²) in [7, 11) is 1.68. The average molecular weight is 235 g/mol. The van der Waals surface area contributed by atoms with Crippen LogP contribution in [0.15, 0.2) is 24.3 Å². The van der Waals surface area contributed by atoms with Crippen LogP contribution in [0.5, 0.6) is 5.75 Å². The molecule has 2 rings (SSSR count). The molecule has 1 fully saturated rings. The van der Waals surface area contributed by atoms with E-state index in [0.717, 1.165) is 18.7 Å². The number of nitrogens with one attached hydrogen (secondary N) is 1. The lowest BCUT2D eigenvalue weighted by molar-refractivity contribution is 0.205. The Kier molecular flexibility index (Phi) is 4.40. The van der Waals surface area contributed by atoms with E-state index in [9.17, 15) is 5.11 Å². The molecule has 1 saturated carbocycles. The zero-order valence-corrected chi connectivity index (χ0v) is 10.4. The third-order valence-corrected chi connectivity index (χ3v) is 3.62. The predicted octanol–water partition coefficient (Wildman–Crippen LogP) is 1.95. The van der Waals surface area contributed by atoms with Crippen LogP contribution in [0.1, 0.15) is 24.8 Å². The summed E-state index contributed by atoms with van der Waals surface area (Å²) in [5, 5.41) is 12.8. The summed E-state index contributed by atoms with van der Waals surface area (Å²) in [6.07, 6.45) is 3.56. The summed E-state index contributed by atoms with van der Waals surface area (Å²) in [6.45, 7) is 1.17. The van der Waals surface area contributed by atoms with Gasteiger partial charge in [0.05, 0.1) is 7.11 Å². The van der Waals surface area contributed by atoms with Crippen LogP contribution in [0.3, 0.4) is 0 Å². The summed E-state index contributed by atoms with van der Waals surface area (Å²) in [4.78, 5) is 0. The summed E-state index contributed by atoms with van der Waals surface area (Å²) in [5.41, 5.74) is 1.26. The Hall–Kier alpha value is -1.06. The van der Waals surface area contributed by atoms with Crippen LogP contribution >= 0.6 is 0 Å². The smallest absolute Gasteiger partial charge is 0.118 e. The molecule has 1 aromatic carbocycles. The van der Waals surface area contributed by atoms with Crippen LogP contribution < -0.4 is 10.1 Å². The van der Waals surface area contributed by atoms with E-state index in [1.165, 1.54) is 18.4 Å². The van der Waals surface area contributed by atoms with Crippen LogP contribution in [0.4, 0.5) is 0 Å². The van der Waals surface area contributed by atoms with E-state index >= 15 is 0 Å². The molecule has 94 valence electrons. The van der Waals surface area contributed by atoms with E-state index in [2.05, 4.69) is 17.4 Å². The highest BCUT2D eigenvalue weighted by Crippen LogP contribution is 2.25. The Morgan fingerprint density at radius 2 is 2.06 bits per heavy atom. The third kappa shape index (κ3) is 3.20. The maximum Gasteiger partial charge on any atom is 0.118 e. The fraction of sp³-hybridized carbons (Fsp3) is 0.571. The first-order valence-corrected chi connectivity index (χ1v) is 6.30. The number of hydrogen-bond acceptors (Lipinski definition) is 3. The van der Waals surface area contributed by atoms with Gasteiger partial charge in [-0.25, -0.2) is 0 Å². The minimum Gasteiger partial charge on any atom is -0.497 e. The number of methoxy groups -OCH3 is 1. The van der Waals surface area contributed by atoms with E-state index in [1.807, 2.05) is 12.1 Å². The number of ether oxygens (including phenoxy) is 1. The Morgan fingerprint density at radius 3 is 2.71 bits per heavy atom. The Bertz CT molecular complexity index is 337. The van der Waals surface area contributed by atoms with Crippen molar-refractivity contribution in [3.63, 3.8) is 0 Å². The van der Waals surface area contributed by atoms with E-state index in [1.54, 1.807) is 7.11 Å². The van der Waals surface area contributed by atoms with Crippen molar-refractivity contribution in [3.8, 4) is 5.75 Å². The first kappa shape index (κ1) is 12.4. The number of aliphatic hydroxyl groups is 1. The van der Waals surface area contributed by atoms with E-state index in [4.69, 9.17) is 4.74 Å². The van der Waals surface area contributed by atoms with Crippen molar-refractivity contribution in [1.29, 1.82) is 0 Å². The number of aliphatic hydroxyl groups excluding tert-OH is 1. The molecule has 0 saturated heterocycles. The largest absolute Gasteiger partial charge is 0.497 e. The number of hydrogen-bond donors (Lipinski definition) is 2. The van der Waals surface area contributed by atoms with Gasteiger partial charge in [-0.15, -0.1) is 0 Å². The van der Waals surface area contributed by atoms with Gasteiger partial charge in [0.25, 0.3) is 0 Å². The molecule has 3 nitrogen and oxygen atoms in total.